The van der Waals surface area contributed by atoms with Crippen LogP contribution in [-0.4, -0.2) is 65.1 Å². The van der Waals surface area contributed by atoms with Crippen molar-refractivity contribution >= 4 is 22.8 Å². The Labute approximate surface area is 230 Å². The van der Waals surface area contributed by atoms with E-state index in [0.29, 0.717) is 6.04 Å². The Kier molecular flexibility index (Phi) is 7.61. The third-order valence-electron chi connectivity index (χ3n) is 8.21. The first-order chi connectivity index (χ1) is 19.1. The lowest BCUT2D eigenvalue weighted by atomic mass is 9.96. The van der Waals surface area contributed by atoms with E-state index < -0.39 is 0 Å². The van der Waals surface area contributed by atoms with Crippen molar-refractivity contribution in [2.45, 2.75) is 44.7 Å². The summed E-state index contributed by atoms with van der Waals surface area (Å²) in [5.41, 5.74) is 7.47. The topological polar surface area (TPSA) is 76.3 Å². The molecule has 0 radical (unpaired) electrons. The van der Waals surface area contributed by atoms with Crippen LogP contribution in [0.5, 0.6) is 0 Å². The largest absolute Gasteiger partial charge is 0.346 e. The number of carbonyl (C=O) groups excluding carboxylic acids is 1. The van der Waals surface area contributed by atoms with E-state index in [1.54, 1.807) is 0 Å². The molecule has 2 amide bonds. The van der Waals surface area contributed by atoms with Crippen LogP contribution in [-0.2, 0) is 6.54 Å². The van der Waals surface area contributed by atoms with Crippen molar-refractivity contribution in [3.8, 4) is 22.3 Å². The van der Waals surface area contributed by atoms with Crippen LogP contribution in [0.15, 0.2) is 67.0 Å². The predicted molar refractivity (Wildman–Crippen MR) is 159 cm³/mol. The molecule has 0 atom stereocenters. The number of amides is 2. The lowest BCUT2D eigenvalue weighted by Gasteiger charge is -2.32. The molecule has 2 aromatic carbocycles. The van der Waals surface area contributed by atoms with Gasteiger partial charge in [-0.25, -0.2) is 9.78 Å². The van der Waals surface area contributed by atoms with Gasteiger partial charge in [-0.3, -0.25) is 4.90 Å². The highest BCUT2D eigenvalue weighted by Crippen LogP contribution is 2.32. The number of nitrogens with one attached hydrogen (secondary N) is 3. The van der Waals surface area contributed by atoms with Crippen molar-refractivity contribution in [3.63, 3.8) is 0 Å². The van der Waals surface area contributed by atoms with Crippen LogP contribution in [0.25, 0.3) is 33.3 Å². The number of urea groups is 1. The molecule has 202 valence electrons. The quantitative estimate of drug-likeness (QED) is 0.286. The molecule has 7 heteroatoms. The molecule has 1 aliphatic carbocycles. The van der Waals surface area contributed by atoms with E-state index >= 15 is 0 Å². The molecule has 39 heavy (non-hydrogen) atoms. The SMILES string of the molecule is CN1CCN(Cc2ccc(-c3cnc4[nH]cc(-c5ccc(NC(=O)NC6CCCCC6)cc5)c4c3)cc2)CC1. The van der Waals surface area contributed by atoms with E-state index in [2.05, 4.69) is 74.9 Å². The summed E-state index contributed by atoms with van der Waals surface area (Å²) in [5.74, 6) is 0. The molecule has 0 bridgehead atoms. The number of aromatic nitrogens is 2. The summed E-state index contributed by atoms with van der Waals surface area (Å²) in [7, 11) is 2.19. The highest BCUT2D eigenvalue weighted by molar-refractivity contribution is 5.96. The van der Waals surface area contributed by atoms with Crippen LogP contribution in [0.1, 0.15) is 37.7 Å². The minimum atomic E-state index is -0.120. The number of carbonyl (C=O) groups is 1. The number of H-pyrrole nitrogens is 1. The average molecular weight is 523 g/mol. The fraction of sp³-hybridized carbons (Fsp3) is 0.375. The molecule has 7 nitrogen and oxygen atoms in total. The normalized spacial score (nSPS) is 17.4. The first-order valence-electron chi connectivity index (χ1n) is 14.3. The number of pyridine rings is 1. The van der Waals surface area contributed by atoms with E-state index in [1.165, 1.54) is 30.4 Å². The van der Waals surface area contributed by atoms with Gasteiger partial charge in [0.15, 0.2) is 0 Å². The molecule has 2 aromatic heterocycles. The summed E-state index contributed by atoms with van der Waals surface area (Å²) in [6.45, 7) is 5.52. The second kappa shape index (κ2) is 11.6. The maximum absolute atomic E-state index is 12.4. The number of hydrogen-bond donors (Lipinski definition) is 3. The summed E-state index contributed by atoms with van der Waals surface area (Å²) >= 11 is 0. The van der Waals surface area contributed by atoms with Crippen LogP contribution < -0.4 is 10.6 Å². The molecular weight excluding hydrogens is 484 g/mol. The van der Waals surface area contributed by atoms with Crippen LogP contribution in [0, 0.1) is 0 Å². The van der Waals surface area contributed by atoms with Crippen molar-refractivity contribution in [1.82, 2.24) is 25.1 Å². The molecule has 1 saturated carbocycles. The summed E-state index contributed by atoms with van der Waals surface area (Å²) in [4.78, 5) is 25.4. The number of rotatable bonds is 6. The zero-order valence-electron chi connectivity index (χ0n) is 22.7. The van der Waals surface area contributed by atoms with Gasteiger partial charge < -0.3 is 20.5 Å². The number of piperazine rings is 1. The van der Waals surface area contributed by atoms with Crippen molar-refractivity contribution in [3.05, 3.63) is 72.6 Å². The number of aromatic amines is 1. The summed E-state index contributed by atoms with van der Waals surface area (Å²) < 4.78 is 0. The number of anilines is 1. The molecule has 3 N–H and O–H groups in total. The van der Waals surface area contributed by atoms with Crippen LogP contribution in [0.2, 0.25) is 0 Å². The van der Waals surface area contributed by atoms with Gasteiger partial charge in [0.05, 0.1) is 0 Å². The number of benzene rings is 2. The minimum Gasteiger partial charge on any atom is -0.346 e. The zero-order chi connectivity index (χ0) is 26.6. The molecule has 2 aliphatic rings. The number of likely N-dealkylation sites (N-methyl/N-ethyl adjacent to an activating group) is 1. The maximum atomic E-state index is 12.4. The lowest BCUT2D eigenvalue weighted by molar-refractivity contribution is 0.148. The number of nitrogens with zero attached hydrogens (tertiary/aromatic N) is 3. The molecule has 6 rings (SSSR count). The Hall–Kier alpha value is -3.68. The molecule has 1 aliphatic heterocycles. The molecule has 1 saturated heterocycles. The average Bonchev–Trinajstić information content (AvgIpc) is 3.39. The molecule has 2 fully saturated rings. The second-order valence-electron chi connectivity index (χ2n) is 11.1. The third kappa shape index (κ3) is 6.15. The second-order valence-corrected chi connectivity index (χ2v) is 11.1. The highest BCUT2D eigenvalue weighted by Gasteiger charge is 2.16. The van der Waals surface area contributed by atoms with Gasteiger partial charge in [-0.1, -0.05) is 55.7 Å². The predicted octanol–water partition coefficient (Wildman–Crippen LogP) is 6.10. The summed E-state index contributed by atoms with van der Waals surface area (Å²) in [5, 5.41) is 7.19. The van der Waals surface area contributed by atoms with Gasteiger partial charge >= 0.3 is 6.03 Å². The summed E-state index contributed by atoms with van der Waals surface area (Å²) in [6.07, 6.45) is 9.77. The third-order valence-corrected chi connectivity index (χ3v) is 8.21. The number of fused-ring (bicyclic) bond motifs is 1. The summed E-state index contributed by atoms with van der Waals surface area (Å²) in [6, 6.07) is 19.3. The molecular formula is C32H38N6O. The van der Waals surface area contributed by atoms with E-state index in [1.807, 2.05) is 24.5 Å². The molecule has 0 unspecified atom stereocenters. The fourth-order valence-corrected chi connectivity index (χ4v) is 5.80. The molecule has 4 aromatic rings. The van der Waals surface area contributed by atoms with Crippen LogP contribution >= 0.6 is 0 Å². The monoisotopic (exact) mass is 522 g/mol. The van der Waals surface area contributed by atoms with Crippen LogP contribution in [0.3, 0.4) is 0 Å². The lowest BCUT2D eigenvalue weighted by Crippen LogP contribution is -2.43. The van der Waals surface area contributed by atoms with Crippen LogP contribution in [0.4, 0.5) is 10.5 Å². The molecule has 3 heterocycles. The minimum absolute atomic E-state index is 0.120. The van der Waals surface area contributed by atoms with Gasteiger partial charge in [0.25, 0.3) is 0 Å². The highest BCUT2D eigenvalue weighted by atomic mass is 16.2. The Morgan fingerprint density at radius 3 is 2.38 bits per heavy atom. The number of hydrogen-bond acceptors (Lipinski definition) is 4. The Morgan fingerprint density at radius 2 is 1.64 bits per heavy atom. The standard InChI is InChI=1S/C32H38N6O/c1-37-15-17-38(18-16-37)22-23-7-9-24(10-8-23)26-19-29-30(21-34-31(29)33-20-26)25-11-13-28(14-12-25)36-32(39)35-27-5-3-2-4-6-27/h7-14,19-21,27H,2-6,15-18,22H2,1H3,(H,33,34)(H2,35,36,39). The van der Waals surface area contributed by atoms with Crippen molar-refractivity contribution < 1.29 is 4.79 Å². The van der Waals surface area contributed by atoms with Crippen molar-refractivity contribution in [2.24, 2.45) is 0 Å². The van der Waals surface area contributed by atoms with Crippen molar-refractivity contribution in [2.75, 3.05) is 38.5 Å². The smallest absolute Gasteiger partial charge is 0.319 e. The fourth-order valence-electron chi connectivity index (χ4n) is 5.80. The zero-order valence-corrected chi connectivity index (χ0v) is 22.7. The maximum Gasteiger partial charge on any atom is 0.319 e. The Bertz CT molecular complexity index is 1400. The van der Waals surface area contributed by atoms with Gasteiger partial charge in [-0.2, -0.15) is 0 Å². The van der Waals surface area contributed by atoms with Gasteiger partial charge in [0.2, 0.25) is 0 Å². The van der Waals surface area contributed by atoms with E-state index in [4.69, 9.17) is 4.98 Å². The van der Waals surface area contributed by atoms with Gasteiger partial charge in [0, 0.05) is 73.4 Å². The van der Waals surface area contributed by atoms with E-state index in [9.17, 15) is 4.79 Å². The van der Waals surface area contributed by atoms with E-state index in [-0.39, 0.29) is 6.03 Å². The van der Waals surface area contributed by atoms with Crippen molar-refractivity contribution in [1.29, 1.82) is 0 Å². The van der Waals surface area contributed by atoms with Gasteiger partial charge in [-0.15, -0.1) is 0 Å². The Morgan fingerprint density at radius 1 is 0.923 bits per heavy atom. The van der Waals surface area contributed by atoms with E-state index in [0.717, 1.165) is 79.0 Å². The first kappa shape index (κ1) is 25.6. The Balaban J connectivity index is 1.13. The first-order valence-corrected chi connectivity index (χ1v) is 14.3. The van der Waals surface area contributed by atoms with Gasteiger partial charge in [-0.05, 0) is 54.8 Å². The molecule has 0 spiro atoms. The van der Waals surface area contributed by atoms with Gasteiger partial charge in [0.1, 0.15) is 5.65 Å².